The molecule has 1 aromatic heterocycles. The van der Waals surface area contributed by atoms with Gasteiger partial charge in [0.1, 0.15) is 4.70 Å². The average Bonchev–Trinajstić information content (AvgIpc) is 2.47. The lowest BCUT2D eigenvalue weighted by Gasteiger charge is -1.78. The highest BCUT2D eigenvalue weighted by molar-refractivity contribution is 7.18. The van der Waals surface area contributed by atoms with E-state index in [0.29, 0.717) is 0 Å². The Bertz CT molecular complexity index is 350. The van der Waals surface area contributed by atoms with Gasteiger partial charge in [-0.15, -0.1) is 0 Å². The molecule has 2 rings (SSSR count). The SMILES string of the molecule is OCCc1[nH+]c2ccccc2s1. The van der Waals surface area contributed by atoms with Crippen molar-refractivity contribution >= 4 is 21.6 Å². The summed E-state index contributed by atoms with van der Waals surface area (Å²) >= 11 is 1.71. The summed E-state index contributed by atoms with van der Waals surface area (Å²) in [6.07, 6.45) is 0.722. The molecule has 0 spiro atoms. The molecule has 0 saturated carbocycles. The van der Waals surface area contributed by atoms with Gasteiger partial charge in [0.05, 0.1) is 13.0 Å². The molecule has 0 atom stereocenters. The number of hydrogen-bond acceptors (Lipinski definition) is 2. The molecule has 1 heterocycles. The van der Waals surface area contributed by atoms with E-state index >= 15 is 0 Å². The normalized spacial score (nSPS) is 10.8. The van der Waals surface area contributed by atoms with Gasteiger partial charge in [0, 0.05) is 6.07 Å². The fourth-order valence-corrected chi connectivity index (χ4v) is 2.18. The molecule has 0 radical (unpaired) electrons. The molecular formula is C9H10NOS+. The van der Waals surface area contributed by atoms with Crippen LogP contribution in [0.4, 0.5) is 0 Å². The maximum Gasteiger partial charge on any atom is 0.238 e. The van der Waals surface area contributed by atoms with Crippen molar-refractivity contribution in [2.75, 3.05) is 6.61 Å². The van der Waals surface area contributed by atoms with Crippen LogP contribution in [0.15, 0.2) is 24.3 Å². The second-order valence-corrected chi connectivity index (χ2v) is 3.76. The van der Waals surface area contributed by atoms with Gasteiger partial charge in [-0.1, -0.05) is 23.5 Å². The number of thiazole rings is 1. The third kappa shape index (κ3) is 1.33. The van der Waals surface area contributed by atoms with Crippen molar-refractivity contribution in [3.05, 3.63) is 29.3 Å². The average molecular weight is 180 g/mol. The van der Waals surface area contributed by atoms with Crippen LogP contribution in [0.5, 0.6) is 0 Å². The van der Waals surface area contributed by atoms with Crippen LogP contribution in [0.3, 0.4) is 0 Å². The van der Waals surface area contributed by atoms with E-state index in [2.05, 4.69) is 11.1 Å². The number of hydrogen-bond donors (Lipinski definition) is 1. The molecule has 0 aliphatic heterocycles. The standard InChI is InChI=1S/C9H9NOS/c11-6-5-9-10-7-3-1-2-4-8(7)12-9/h1-4,11H,5-6H2/p+1. The van der Waals surface area contributed by atoms with E-state index in [1.807, 2.05) is 18.2 Å². The number of nitrogens with one attached hydrogen (secondary N) is 1. The van der Waals surface area contributed by atoms with Crippen molar-refractivity contribution in [1.82, 2.24) is 0 Å². The fraction of sp³-hybridized carbons (Fsp3) is 0.222. The van der Waals surface area contributed by atoms with Crippen LogP contribution in [-0.2, 0) is 6.42 Å². The predicted molar refractivity (Wildman–Crippen MR) is 49.2 cm³/mol. The van der Waals surface area contributed by atoms with E-state index in [1.54, 1.807) is 11.3 Å². The first-order chi connectivity index (χ1) is 5.90. The number of benzene rings is 1. The molecule has 2 N–H and O–H groups in total. The predicted octanol–water partition coefficient (Wildman–Crippen LogP) is 1.25. The van der Waals surface area contributed by atoms with Crippen molar-refractivity contribution < 1.29 is 10.1 Å². The van der Waals surface area contributed by atoms with Crippen molar-refractivity contribution in [2.24, 2.45) is 0 Å². The molecule has 0 aliphatic carbocycles. The van der Waals surface area contributed by atoms with Gasteiger partial charge in [-0.3, -0.25) is 0 Å². The van der Waals surface area contributed by atoms with Crippen LogP contribution in [0.2, 0.25) is 0 Å². The Morgan fingerprint density at radius 2 is 2.17 bits per heavy atom. The minimum atomic E-state index is 0.212. The zero-order chi connectivity index (χ0) is 8.39. The monoisotopic (exact) mass is 180 g/mol. The summed E-state index contributed by atoms with van der Waals surface area (Å²) in [7, 11) is 0. The van der Waals surface area contributed by atoms with Crippen molar-refractivity contribution in [1.29, 1.82) is 0 Å². The second-order valence-electron chi connectivity index (χ2n) is 2.62. The molecule has 2 aromatic rings. The van der Waals surface area contributed by atoms with Crippen molar-refractivity contribution in [2.45, 2.75) is 6.42 Å². The molecule has 0 unspecified atom stereocenters. The summed E-state index contributed by atoms with van der Waals surface area (Å²) in [5, 5.41) is 9.87. The smallest absolute Gasteiger partial charge is 0.238 e. The highest BCUT2D eigenvalue weighted by Gasteiger charge is 2.08. The third-order valence-electron chi connectivity index (χ3n) is 1.73. The Morgan fingerprint density at radius 1 is 1.33 bits per heavy atom. The lowest BCUT2D eigenvalue weighted by molar-refractivity contribution is -0.350. The van der Waals surface area contributed by atoms with Gasteiger partial charge in [-0.2, -0.15) is 4.98 Å². The van der Waals surface area contributed by atoms with E-state index in [1.165, 1.54) is 4.70 Å². The summed E-state index contributed by atoms with van der Waals surface area (Å²) in [4.78, 5) is 3.26. The Labute approximate surface area is 74.5 Å². The molecule has 0 fully saturated rings. The van der Waals surface area contributed by atoms with Crippen molar-refractivity contribution in [3.8, 4) is 0 Å². The zero-order valence-corrected chi connectivity index (χ0v) is 7.40. The molecule has 0 amide bonds. The number of aliphatic hydroxyl groups is 1. The third-order valence-corrected chi connectivity index (χ3v) is 2.86. The maximum atomic E-state index is 8.73. The maximum absolute atomic E-state index is 8.73. The number of rotatable bonds is 2. The molecule has 2 nitrogen and oxygen atoms in total. The van der Waals surface area contributed by atoms with E-state index < -0.39 is 0 Å². The molecule has 1 aromatic carbocycles. The quantitative estimate of drug-likeness (QED) is 0.741. The summed E-state index contributed by atoms with van der Waals surface area (Å²) in [6.45, 7) is 0.212. The highest BCUT2D eigenvalue weighted by Crippen LogP contribution is 2.17. The van der Waals surface area contributed by atoms with E-state index in [-0.39, 0.29) is 6.61 Å². The molecule has 0 bridgehead atoms. The second kappa shape index (κ2) is 3.21. The first-order valence-electron chi connectivity index (χ1n) is 3.91. The van der Waals surface area contributed by atoms with Gasteiger partial charge in [0.15, 0.2) is 0 Å². The van der Waals surface area contributed by atoms with E-state index in [0.717, 1.165) is 16.9 Å². The molecule has 0 aliphatic rings. The summed E-state index contributed by atoms with van der Waals surface area (Å²) < 4.78 is 1.25. The molecule has 0 saturated heterocycles. The number of fused-ring (bicyclic) bond motifs is 1. The lowest BCUT2D eigenvalue weighted by atomic mass is 10.3. The topological polar surface area (TPSA) is 34.4 Å². The van der Waals surface area contributed by atoms with Crippen molar-refractivity contribution in [3.63, 3.8) is 0 Å². The fourth-order valence-electron chi connectivity index (χ4n) is 1.18. The van der Waals surface area contributed by atoms with Crippen LogP contribution >= 0.6 is 11.3 Å². The molecule has 12 heavy (non-hydrogen) atoms. The van der Waals surface area contributed by atoms with Gasteiger partial charge >= 0.3 is 0 Å². The zero-order valence-electron chi connectivity index (χ0n) is 6.58. The van der Waals surface area contributed by atoms with Crippen LogP contribution in [0, 0.1) is 0 Å². The summed E-state index contributed by atoms with van der Waals surface area (Å²) in [5.74, 6) is 0. The number of aliphatic hydroxyl groups excluding tert-OH is 1. The molecular weight excluding hydrogens is 170 g/mol. The van der Waals surface area contributed by atoms with E-state index in [9.17, 15) is 0 Å². The minimum Gasteiger partial charge on any atom is -0.396 e. The number of H-pyrrole nitrogens is 1. The lowest BCUT2D eigenvalue weighted by Crippen LogP contribution is -2.06. The van der Waals surface area contributed by atoms with Gasteiger partial charge in [0.25, 0.3) is 0 Å². The Morgan fingerprint density at radius 3 is 2.92 bits per heavy atom. The van der Waals surface area contributed by atoms with Gasteiger partial charge in [-0.05, 0) is 6.07 Å². The number of aromatic amines is 1. The Balaban J connectivity index is 2.47. The minimum absolute atomic E-state index is 0.212. The van der Waals surface area contributed by atoms with Crippen LogP contribution < -0.4 is 4.98 Å². The van der Waals surface area contributed by atoms with Crippen LogP contribution in [0.1, 0.15) is 5.01 Å². The largest absolute Gasteiger partial charge is 0.396 e. The van der Waals surface area contributed by atoms with Gasteiger partial charge in [0.2, 0.25) is 10.5 Å². The Hall–Kier alpha value is -0.930. The highest BCUT2D eigenvalue weighted by atomic mass is 32.1. The molecule has 62 valence electrons. The number of para-hydroxylation sites is 1. The summed E-state index contributed by atoms with van der Waals surface area (Å²) in [6, 6.07) is 8.16. The number of aromatic nitrogens is 1. The Kier molecular flexibility index (Phi) is 2.06. The van der Waals surface area contributed by atoms with Crippen LogP contribution in [-0.4, -0.2) is 11.7 Å². The van der Waals surface area contributed by atoms with E-state index in [4.69, 9.17) is 5.11 Å². The summed E-state index contributed by atoms with van der Waals surface area (Å²) in [5.41, 5.74) is 1.16. The first-order valence-corrected chi connectivity index (χ1v) is 4.72. The van der Waals surface area contributed by atoms with Gasteiger partial charge < -0.3 is 5.11 Å². The first kappa shape index (κ1) is 7.71. The molecule has 3 heteroatoms. The van der Waals surface area contributed by atoms with Crippen LogP contribution in [0.25, 0.3) is 10.2 Å². The van der Waals surface area contributed by atoms with Gasteiger partial charge in [-0.25, -0.2) is 0 Å².